The highest BCUT2D eigenvalue weighted by atomic mass is 35.5. The van der Waals surface area contributed by atoms with E-state index in [-0.39, 0.29) is 0 Å². The van der Waals surface area contributed by atoms with E-state index in [1.807, 2.05) is 31.8 Å². The van der Waals surface area contributed by atoms with Gasteiger partial charge in [-0.3, -0.25) is 9.67 Å². The van der Waals surface area contributed by atoms with Crippen molar-refractivity contribution in [3.05, 3.63) is 70.6 Å². The molecule has 1 aliphatic carbocycles. The topological polar surface area (TPSA) is 56.5 Å². The molecule has 0 unspecified atom stereocenters. The van der Waals surface area contributed by atoms with Crippen LogP contribution in [0.15, 0.2) is 42.9 Å². The first-order valence-electron chi connectivity index (χ1n) is 11.0. The largest absolute Gasteiger partial charge is 0.276 e. The predicted octanol–water partition coefficient (Wildman–Crippen LogP) is 6.57. The molecule has 0 N–H and O–H groups in total. The molecule has 0 radical (unpaired) electrons. The van der Waals surface area contributed by atoms with Crippen LogP contribution in [0.3, 0.4) is 0 Å². The van der Waals surface area contributed by atoms with Crippen molar-refractivity contribution in [1.29, 1.82) is 0 Å². The molecule has 0 spiro atoms. The van der Waals surface area contributed by atoms with Gasteiger partial charge >= 0.3 is 0 Å². The molecular weight excluding hydrogens is 425 g/mol. The number of hydrogen-bond donors (Lipinski definition) is 0. The number of fused-ring (bicyclic) bond motifs is 1. The van der Waals surface area contributed by atoms with Gasteiger partial charge in [0, 0.05) is 30.0 Å². The molecule has 5 rings (SSSR count). The third-order valence-corrected chi connectivity index (χ3v) is 6.22. The summed E-state index contributed by atoms with van der Waals surface area (Å²) in [6.45, 7) is 3.77. The van der Waals surface area contributed by atoms with Gasteiger partial charge in [0.1, 0.15) is 17.0 Å². The van der Waals surface area contributed by atoms with Crippen LogP contribution < -0.4 is 0 Å². The summed E-state index contributed by atoms with van der Waals surface area (Å²) in [6, 6.07) is 6.28. The molecule has 0 atom stereocenters. The van der Waals surface area contributed by atoms with Gasteiger partial charge in [-0.1, -0.05) is 30.9 Å². The standard InChI is InChI=1S/C15H11ClFN3.C10H16N2/c1-8-9(2)20-15-13(19-8)5-6-18-14(15)11-4-3-10(16)7-12(11)17;1-12-8-10(7-11-12)9-5-3-2-4-6-9/h3-7H,1-2H3;7-9H,2-6H2,1H3. The number of nitrogens with zero attached hydrogens (tertiary/aromatic N) is 5. The van der Waals surface area contributed by atoms with Crippen LogP contribution in [-0.4, -0.2) is 24.7 Å². The third-order valence-electron chi connectivity index (χ3n) is 5.98. The Balaban J connectivity index is 0.000000174. The van der Waals surface area contributed by atoms with Crippen LogP contribution in [0.4, 0.5) is 4.39 Å². The molecule has 0 bridgehead atoms. The summed E-state index contributed by atoms with van der Waals surface area (Å²) >= 11 is 5.78. The first kappa shape index (κ1) is 22.3. The summed E-state index contributed by atoms with van der Waals surface area (Å²) in [4.78, 5) is 13.2. The number of pyridine rings is 1. The number of aromatic nitrogens is 5. The molecule has 7 heteroatoms. The summed E-state index contributed by atoms with van der Waals surface area (Å²) in [7, 11) is 1.99. The highest BCUT2D eigenvalue weighted by Gasteiger charge is 2.16. The fourth-order valence-electron chi connectivity index (χ4n) is 4.12. The van der Waals surface area contributed by atoms with E-state index >= 15 is 0 Å². The molecule has 4 aromatic rings. The number of aryl methyl sites for hydroxylation is 3. The lowest BCUT2D eigenvalue weighted by molar-refractivity contribution is 0.443. The Morgan fingerprint density at radius 1 is 1.03 bits per heavy atom. The highest BCUT2D eigenvalue weighted by Crippen LogP contribution is 2.32. The summed E-state index contributed by atoms with van der Waals surface area (Å²) < 4.78 is 16.0. The zero-order valence-corrected chi connectivity index (χ0v) is 19.4. The second-order valence-electron chi connectivity index (χ2n) is 8.33. The van der Waals surface area contributed by atoms with Gasteiger partial charge in [0.25, 0.3) is 0 Å². The van der Waals surface area contributed by atoms with Crippen molar-refractivity contribution in [3.8, 4) is 11.3 Å². The van der Waals surface area contributed by atoms with Crippen LogP contribution in [0.5, 0.6) is 0 Å². The summed E-state index contributed by atoms with van der Waals surface area (Å²) in [5.41, 5.74) is 5.25. The number of hydrogen-bond acceptors (Lipinski definition) is 4. The van der Waals surface area contributed by atoms with Crippen molar-refractivity contribution in [1.82, 2.24) is 24.7 Å². The summed E-state index contributed by atoms with van der Waals surface area (Å²) in [6.07, 6.45) is 12.8. The molecule has 1 aromatic carbocycles. The van der Waals surface area contributed by atoms with E-state index in [0.717, 1.165) is 17.3 Å². The smallest absolute Gasteiger partial charge is 0.134 e. The van der Waals surface area contributed by atoms with Crippen molar-refractivity contribution in [2.45, 2.75) is 51.9 Å². The maximum atomic E-state index is 14.1. The van der Waals surface area contributed by atoms with Gasteiger partial charge in [0.2, 0.25) is 0 Å². The predicted molar refractivity (Wildman–Crippen MR) is 126 cm³/mol. The Morgan fingerprint density at radius 2 is 1.78 bits per heavy atom. The quantitative estimate of drug-likeness (QED) is 0.346. The minimum atomic E-state index is -0.419. The van der Waals surface area contributed by atoms with Gasteiger partial charge in [0.05, 0.1) is 23.1 Å². The van der Waals surface area contributed by atoms with Crippen molar-refractivity contribution in [3.63, 3.8) is 0 Å². The summed E-state index contributed by atoms with van der Waals surface area (Å²) in [5, 5.41) is 4.56. The molecule has 5 nitrogen and oxygen atoms in total. The Labute approximate surface area is 192 Å². The Morgan fingerprint density at radius 3 is 2.47 bits per heavy atom. The van der Waals surface area contributed by atoms with E-state index in [4.69, 9.17) is 11.6 Å². The molecule has 32 heavy (non-hydrogen) atoms. The van der Waals surface area contributed by atoms with Gasteiger partial charge in [-0.25, -0.2) is 14.4 Å². The number of halogens is 2. The van der Waals surface area contributed by atoms with Crippen LogP contribution in [0.1, 0.15) is 55.0 Å². The van der Waals surface area contributed by atoms with E-state index in [9.17, 15) is 4.39 Å². The molecule has 3 heterocycles. The van der Waals surface area contributed by atoms with Gasteiger partial charge in [-0.15, -0.1) is 0 Å². The lowest BCUT2D eigenvalue weighted by atomic mass is 9.86. The SMILES string of the molecule is Cc1nc2ccnc(-c3ccc(Cl)cc3F)c2nc1C.Cn1cc(C2CCCCC2)cn1. The van der Waals surface area contributed by atoms with Gasteiger partial charge in [-0.05, 0) is 62.4 Å². The third kappa shape index (κ3) is 4.96. The second-order valence-corrected chi connectivity index (χ2v) is 8.76. The molecule has 1 fully saturated rings. The Bertz CT molecular complexity index is 1230. The van der Waals surface area contributed by atoms with Gasteiger partial charge in [-0.2, -0.15) is 5.10 Å². The maximum absolute atomic E-state index is 14.1. The van der Waals surface area contributed by atoms with E-state index in [1.165, 1.54) is 43.7 Å². The number of rotatable bonds is 2. The van der Waals surface area contributed by atoms with Crippen molar-refractivity contribution in [2.75, 3.05) is 0 Å². The lowest BCUT2D eigenvalue weighted by Gasteiger charge is -2.19. The molecule has 0 aliphatic heterocycles. The fourth-order valence-corrected chi connectivity index (χ4v) is 4.28. The van der Waals surface area contributed by atoms with Crippen molar-refractivity contribution in [2.24, 2.45) is 7.05 Å². The van der Waals surface area contributed by atoms with Gasteiger partial charge < -0.3 is 0 Å². The summed E-state index contributed by atoms with van der Waals surface area (Å²) in [5.74, 6) is 0.380. The minimum absolute atomic E-state index is 0.351. The maximum Gasteiger partial charge on any atom is 0.134 e. The van der Waals surface area contributed by atoms with Crippen LogP contribution in [-0.2, 0) is 7.05 Å². The Kier molecular flexibility index (Phi) is 6.80. The second kappa shape index (κ2) is 9.74. The zero-order chi connectivity index (χ0) is 22.7. The molecule has 0 amide bonds. The minimum Gasteiger partial charge on any atom is -0.276 e. The molecule has 166 valence electrons. The average Bonchev–Trinajstić information content (AvgIpc) is 3.22. The lowest BCUT2D eigenvalue weighted by Crippen LogP contribution is -2.03. The number of benzene rings is 1. The van der Waals surface area contributed by atoms with Crippen molar-refractivity contribution >= 4 is 22.6 Å². The molecular formula is C25H27ClFN5. The van der Waals surface area contributed by atoms with E-state index in [0.29, 0.717) is 27.3 Å². The molecule has 1 saturated carbocycles. The molecule has 1 aliphatic rings. The van der Waals surface area contributed by atoms with Crippen molar-refractivity contribution < 1.29 is 4.39 Å². The van der Waals surface area contributed by atoms with E-state index in [2.05, 4.69) is 26.2 Å². The van der Waals surface area contributed by atoms with E-state index in [1.54, 1.807) is 24.4 Å². The first-order valence-corrected chi connectivity index (χ1v) is 11.3. The van der Waals surface area contributed by atoms with Crippen LogP contribution in [0.2, 0.25) is 5.02 Å². The fraction of sp³-hybridized carbons (Fsp3) is 0.360. The zero-order valence-electron chi connectivity index (χ0n) is 18.6. The van der Waals surface area contributed by atoms with Crippen LogP contribution in [0, 0.1) is 19.7 Å². The monoisotopic (exact) mass is 451 g/mol. The van der Waals surface area contributed by atoms with Crippen LogP contribution >= 0.6 is 11.6 Å². The van der Waals surface area contributed by atoms with E-state index < -0.39 is 5.82 Å². The highest BCUT2D eigenvalue weighted by molar-refractivity contribution is 6.30. The van der Waals surface area contributed by atoms with Crippen LogP contribution in [0.25, 0.3) is 22.3 Å². The Hall–Kier alpha value is -2.86. The average molecular weight is 452 g/mol. The van der Waals surface area contributed by atoms with Gasteiger partial charge in [0.15, 0.2) is 0 Å². The molecule has 3 aromatic heterocycles. The molecule has 0 saturated heterocycles. The first-order chi connectivity index (χ1) is 15.4. The normalized spacial score (nSPS) is 14.3.